The number of aromatic nitrogens is 1. The van der Waals surface area contributed by atoms with Crippen molar-refractivity contribution in [3.63, 3.8) is 0 Å². The smallest absolute Gasteiger partial charge is 0.0751 e. The minimum Gasteiger partial charge on any atom is -0.308 e. The number of hydrogen-bond donors (Lipinski definition) is 1. The molecule has 2 rings (SSSR count). The molecule has 0 saturated heterocycles. The van der Waals surface area contributed by atoms with Crippen molar-refractivity contribution in [3.8, 4) is 0 Å². The average Bonchev–Trinajstić information content (AvgIpc) is 2.43. The second kappa shape index (κ2) is 6.67. The van der Waals surface area contributed by atoms with E-state index >= 15 is 0 Å². The van der Waals surface area contributed by atoms with Gasteiger partial charge in [0.2, 0.25) is 0 Å². The maximum absolute atomic E-state index is 4.64. The molecule has 1 aromatic heterocycles. The van der Waals surface area contributed by atoms with Gasteiger partial charge in [-0.3, -0.25) is 4.98 Å². The fraction of sp³-hybridized carbons (Fsp3) is 0.389. The fourth-order valence-electron chi connectivity index (χ4n) is 2.71. The Morgan fingerprint density at radius 2 is 2.00 bits per heavy atom. The summed E-state index contributed by atoms with van der Waals surface area (Å²) in [6.07, 6.45) is 4.25. The molecular weight excluding hydrogens is 244 g/mol. The molecule has 2 aromatic rings. The minimum absolute atomic E-state index is 0.160. The van der Waals surface area contributed by atoms with E-state index in [9.17, 15) is 0 Å². The fourth-order valence-corrected chi connectivity index (χ4v) is 2.71. The number of nitrogens with one attached hydrogen (secondary N) is 1. The Kier molecular flexibility index (Phi) is 4.91. The molecule has 0 amide bonds. The van der Waals surface area contributed by atoms with E-state index in [1.807, 2.05) is 13.2 Å². The van der Waals surface area contributed by atoms with E-state index in [0.717, 1.165) is 12.1 Å². The lowest BCUT2D eigenvalue weighted by molar-refractivity contribution is 0.664. The van der Waals surface area contributed by atoms with Crippen LogP contribution in [0.3, 0.4) is 0 Å². The zero-order valence-corrected chi connectivity index (χ0v) is 12.9. The number of rotatable bonds is 5. The molecule has 2 heteroatoms. The molecule has 2 nitrogen and oxygen atoms in total. The predicted octanol–water partition coefficient (Wildman–Crippen LogP) is 3.96. The number of nitrogens with zero attached hydrogens (tertiary/aromatic N) is 1. The summed E-state index contributed by atoms with van der Waals surface area (Å²) in [4.78, 5) is 4.64. The first-order valence-electron chi connectivity index (χ1n) is 7.35. The molecule has 0 radical (unpaired) electrons. The van der Waals surface area contributed by atoms with Gasteiger partial charge < -0.3 is 5.32 Å². The lowest BCUT2D eigenvalue weighted by atomic mass is 9.97. The molecule has 0 aliphatic carbocycles. The lowest BCUT2D eigenvalue weighted by Gasteiger charge is -2.19. The van der Waals surface area contributed by atoms with E-state index in [1.165, 1.54) is 28.7 Å². The third-order valence-electron chi connectivity index (χ3n) is 3.64. The van der Waals surface area contributed by atoms with Crippen molar-refractivity contribution in [1.82, 2.24) is 10.3 Å². The van der Waals surface area contributed by atoms with Crippen molar-refractivity contribution in [2.75, 3.05) is 7.05 Å². The average molecular weight is 268 g/mol. The molecule has 0 aliphatic heterocycles. The molecule has 1 heterocycles. The van der Waals surface area contributed by atoms with Gasteiger partial charge in [-0.15, -0.1) is 0 Å². The van der Waals surface area contributed by atoms with Crippen LogP contribution in [0, 0.1) is 13.8 Å². The molecule has 0 saturated carbocycles. The Hall–Kier alpha value is -1.67. The van der Waals surface area contributed by atoms with E-state index in [2.05, 4.69) is 61.4 Å². The van der Waals surface area contributed by atoms with Gasteiger partial charge in [0.15, 0.2) is 0 Å². The molecular formula is C18H24N2. The Bertz CT molecular complexity index is 575. The van der Waals surface area contributed by atoms with Gasteiger partial charge in [-0.2, -0.15) is 0 Å². The predicted molar refractivity (Wildman–Crippen MR) is 85.1 cm³/mol. The second-order valence-corrected chi connectivity index (χ2v) is 5.43. The van der Waals surface area contributed by atoms with Gasteiger partial charge in [-0.05, 0) is 49.6 Å². The number of hydrogen-bond acceptors (Lipinski definition) is 2. The maximum Gasteiger partial charge on any atom is 0.0751 e. The second-order valence-electron chi connectivity index (χ2n) is 5.43. The molecule has 106 valence electrons. The highest BCUT2D eigenvalue weighted by molar-refractivity contribution is 5.35. The summed E-state index contributed by atoms with van der Waals surface area (Å²) in [6, 6.07) is 11.2. The van der Waals surface area contributed by atoms with Crippen LogP contribution in [0.1, 0.15) is 47.3 Å². The third-order valence-corrected chi connectivity index (χ3v) is 3.64. The van der Waals surface area contributed by atoms with Crippen molar-refractivity contribution in [2.45, 2.75) is 39.7 Å². The first kappa shape index (κ1) is 14.7. The lowest BCUT2D eigenvalue weighted by Crippen LogP contribution is -2.20. The van der Waals surface area contributed by atoms with Crippen LogP contribution in [0.5, 0.6) is 0 Å². The molecule has 1 aromatic carbocycles. The first-order valence-corrected chi connectivity index (χ1v) is 7.35. The van der Waals surface area contributed by atoms with Gasteiger partial charge >= 0.3 is 0 Å². The maximum atomic E-state index is 4.64. The highest BCUT2D eigenvalue weighted by Gasteiger charge is 2.16. The Morgan fingerprint density at radius 1 is 1.20 bits per heavy atom. The van der Waals surface area contributed by atoms with Crippen molar-refractivity contribution < 1.29 is 0 Å². The van der Waals surface area contributed by atoms with Gasteiger partial charge in [0.05, 0.1) is 11.7 Å². The standard InChI is InChI=1S/C18H24N2/c1-5-7-15-8-6-9-16(11-15)18(19-4)17-14(3)10-13(2)12-20-17/h6,8-12,18-19H,5,7H2,1-4H3. The number of aryl methyl sites for hydroxylation is 3. The number of benzene rings is 1. The summed E-state index contributed by atoms with van der Waals surface area (Å²) in [5.74, 6) is 0. The molecule has 1 atom stereocenters. The summed E-state index contributed by atoms with van der Waals surface area (Å²) in [7, 11) is 2.00. The largest absolute Gasteiger partial charge is 0.308 e. The zero-order chi connectivity index (χ0) is 14.5. The van der Waals surface area contributed by atoms with Crippen molar-refractivity contribution in [3.05, 3.63) is 64.5 Å². The summed E-state index contributed by atoms with van der Waals surface area (Å²) in [5.41, 5.74) is 6.26. The monoisotopic (exact) mass is 268 g/mol. The van der Waals surface area contributed by atoms with Crippen molar-refractivity contribution in [1.29, 1.82) is 0 Å². The van der Waals surface area contributed by atoms with E-state index in [4.69, 9.17) is 0 Å². The van der Waals surface area contributed by atoms with Crippen molar-refractivity contribution >= 4 is 0 Å². The Balaban J connectivity index is 2.38. The van der Waals surface area contributed by atoms with Gasteiger partial charge in [-0.25, -0.2) is 0 Å². The Labute approximate surface area is 122 Å². The van der Waals surface area contributed by atoms with Crippen LogP contribution in [0.25, 0.3) is 0 Å². The molecule has 0 fully saturated rings. The van der Waals surface area contributed by atoms with Crippen LogP contribution in [0.2, 0.25) is 0 Å². The van der Waals surface area contributed by atoms with Crippen molar-refractivity contribution in [2.24, 2.45) is 0 Å². The van der Waals surface area contributed by atoms with Crippen LogP contribution in [-0.2, 0) is 6.42 Å². The molecule has 0 spiro atoms. The zero-order valence-electron chi connectivity index (χ0n) is 12.9. The first-order chi connectivity index (χ1) is 9.65. The topological polar surface area (TPSA) is 24.9 Å². The third kappa shape index (κ3) is 3.26. The van der Waals surface area contributed by atoms with Gasteiger partial charge in [0, 0.05) is 6.20 Å². The summed E-state index contributed by atoms with van der Waals surface area (Å²) < 4.78 is 0. The van der Waals surface area contributed by atoms with Gasteiger partial charge in [-0.1, -0.05) is 43.7 Å². The summed E-state index contributed by atoms with van der Waals surface area (Å²) in [6.45, 7) is 6.43. The van der Waals surface area contributed by atoms with Crippen LogP contribution in [0.4, 0.5) is 0 Å². The van der Waals surface area contributed by atoms with E-state index < -0.39 is 0 Å². The molecule has 1 N–H and O–H groups in total. The normalized spacial score (nSPS) is 12.4. The SMILES string of the molecule is CCCc1cccc(C(NC)c2ncc(C)cc2C)c1. The van der Waals surface area contributed by atoms with E-state index in [-0.39, 0.29) is 6.04 Å². The minimum atomic E-state index is 0.160. The quantitative estimate of drug-likeness (QED) is 0.888. The summed E-state index contributed by atoms with van der Waals surface area (Å²) >= 11 is 0. The molecule has 0 bridgehead atoms. The number of pyridine rings is 1. The van der Waals surface area contributed by atoms with Gasteiger partial charge in [0.1, 0.15) is 0 Å². The van der Waals surface area contributed by atoms with E-state index in [0.29, 0.717) is 0 Å². The molecule has 1 unspecified atom stereocenters. The van der Waals surface area contributed by atoms with Crippen LogP contribution >= 0.6 is 0 Å². The van der Waals surface area contributed by atoms with Crippen LogP contribution in [-0.4, -0.2) is 12.0 Å². The molecule has 20 heavy (non-hydrogen) atoms. The van der Waals surface area contributed by atoms with Crippen LogP contribution < -0.4 is 5.32 Å². The highest BCUT2D eigenvalue weighted by Crippen LogP contribution is 2.24. The van der Waals surface area contributed by atoms with Crippen LogP contribution in [0.15, 0.2) is 36.5 Å². The van der Waals surface area contributed by atoms with Gasteiger partial charge in [0.25, 0.3) is 0 Å². The molecule has 0 aliphatic rings. The Morgan fingerprint density at radius 3 is 2.65 bits per heavy atom. The summed E-state index contributed by atoms with van der Waals surface area (Å²) in [5, 5.41) is 3.40. The van der Waals surface area contributed by atoms with E-state index in [1.54, 1.807) is 0 Å². The highest BCUT2D eigenvalue weighted by atomic mass is 14.9.